The highest BCUT2D eigenvalue weighted by molar-refractivity contribution is 6.30. The molecule has 1 saturated heterocycles. The maximum absolute atomic E-state index is 9.78. The first-order valence-electron chi connectivity index (χ1n) is 6.49. The number of nitrogens with zero attached hydrogens (tertiary/aromatic N) is 1. The zero-order chi connectivity index (χ0) is 13.1. The molecule has 0 radical (unpaired) electrons. The van der Waals surface area contributed by atoms with Crippen molar-refractivity contribution in [2.75, 3.05) is 19.6 Å². The second-order valence-corrected chi connectivity index (χ2v) is 5.57. The number of rotatable bonds is 3. The van der Waals surface area contributed by atoms with Crippen LogP contribution in [0.4, 0.5) is 0 Å². The monoisotopic (exact) mass is 268 g/mol. The zero-order valence-corrected chi connectivity index (χ0v) is 11.5. The van der Waals surface area contributed by atoms with Crippen LogP contribution in [0.15, 0.2) is 24.3 Å². The number of aliphatic hydroxyl groups excluding tert-OH is 1. The van der Waals surface area contributed by atoms with E-state index in [0.29, 0.717) is 12.5 Å². The number of hydrogen-bond donors (Lipinski definition) is 2. The molecule has 0 spiro atoms. The van der Waals surface area contributed by atoms with Crippen LogP contribution in [0.25, 0.3) is 0 Å². The third-order valence-corrected chi connectivity index (χ3v) is 4.06. The second kappa shape index (κ2) is 6.02. The van der Waals surface area contributed by atoms with E-state index in [0.717, 1.165) is 24.5 Å². The smallest absolute Gasteiger partial charge is 0.0590 e. The molecule has 100 valence electrons. The maximum atomic E-state index is 9.78. The summed E-state index contributed by atoms with van der Waals surface area (Å²) >= 11 is 5.91. The molecule has 1 aromatic carbocycles. The third-order valence-electron chi connectivity index (χ3n) is 3.81. The lowest BCUT2D eigenvalue weighted by Gasteiger charge is -2.39. The molecule has 1 aromatic rings. The van der Waals surface area contributed by atoms with E-state index in [1.54, 1.807) is 0 Å². The topological polar surface area (TPSA) is 49.5 Å². The average molecular weight is 269 g/mol. The predicted molar refractivity (Wildman–Crippen MR) is 74.6 cm³/mol. The Hall–Kier alpha value is -0.610. The van der Waals surface area contributed by atoms with Crippen LogP contribution in [0.2, 0.25) is 5.02 Å². The number of halogens is 1. The van der Waals surface area contributed by atoms with Gasteiger partial charge in [0.05, 0.1) is 6.10 Å². The average Bonchev–Trinajstić information content (AvgIpc) is 2.37. The van der Waals surface area contributed by atoms with Gasteiger partial charge in [-0.15, -0.1) is 0 Å². The molecule has 1 aliphatic heterocycles. The molecular weight excluding hydrogens is 248 g/mol. The van der Waals surface area contributed by atoms with Crippen LogP contribution in [0, 0.1) is 5.92 Å². The first-order valence-corrected chi connectivity index (χ1v) is 6.87. The number of nitrogens with two attached hydrogens (primary N) is 1. The molecule has 3 N–H and O–H groups in total. The predicted octanol–water partition coefficient (Wildman–Crippen LogP) is 2.04. The highest BCUT2D eigenvalue weighted by Gasteiger charge is 2.28. The molecule has 3 atom stereocenters. The summed E-state index contributed by atoms with van der Waals surface area (Å²) in [4.78, 5) is 2.36. The molecule has 1 fully saturated rings. The molecule has 0 amide bonds. The standard InChI is InChI=1S/C14H21ClN2O/c1-10-9-17(7-6-14(10)18)13(8-16)11-2-4-12(15)5-3-11/h2-5,10,13-14,18H,6-9,16H2,1H3. The third kappa shape index (κ3) is 3.04. The summed E-state index contributed by atoms with van der Waals surface area (Å²) in [6, 6.07) is 8.10. The van der Waals surface area contributed by atoms with Crippen molar-refractivity contribution >= 4 is 11.6 Å². The van der Waals surface area contributed by atoms with Crippen LogP contribution in [-0.2, 0) is 0 Å². The molecule has 1 heterocycles. The Balaban J connectivity index is 2.11. The van der Waals surface area contributed by atoms with E-state index in [2.05, 4.69) is 11.8 Å². The van der Waals surface area contributed by atoms with Crippen molar-refractivity contribution < 1.29 is 5.11 Å². The summed E-state index contributed by atoms with van der Waals surface area (Å²) in [6.45, 7) is 4.47. The minimum absolute atomic E-state index is 0.176. The Labute approximate surface area is 114 Å². The number of hydrogen-bond acceptors (Lipinski definition) is 3. The molecule has 0 saturated carbocycles. The van der Waals surface area contributed by atoms with Gasteiger partial charge in [0.2, 0.25) is 0 Å². The first-order chi connectivity index (χ1) is 8.61. The SMILES string of the molecule is CC1CN(C(CN)c2ccc(Cl)cc2)CCC1O. The number of piperidine rings is 1. The molecule has 3 nitrogen and oxygen atoms in total. The molecule has 2 rings (SSSR count). The minimum Gasteiger partial charge on any atom is -0.393 e. The van der Waals surface area contributed by atoms with Gasteiger partial charge in [0, 0.05) is 30.7 Å². The van der Waals surface area contributed by atoms with Crippen LogP contribution in [0.1, 0.15) is 24.9 Å². The van der Waals surface area contributed by atoms with E-state index in [-0.39, 0.29) is 12.1 Å². The van der Waals surface area contributed by atoms with Crippen molar-refractivity contribution in [2.24, 2.45) is 11.7 Å². The van der Waals surface area contributed by atoms with Crippen molar-refractivity contribution in [3.8, 4) is 0 Å². The molecule has 0 bridgehead atoms. The van der Waals surface area contributed by atoms with Gasteiger partial charge in [-0.3, -0.25) is 4.90 Å². The Morgan fingerprint density at radius 2 is 2.11 bits per heavy atom. The van der Waals surface area contributed by atoms with Crippen molar-refractivity contribution in [1.29, 1.82) is 0 Å². The Morgan fingerprint density at radius 3 is 2.67 bits per heavy atom. The van der Waals surface area contributed by atoms with Gasteiger partial charge >= 0.3 is 0 Å². The fourth-order valence-electron chi connectivity index (χ4n) is 2.63. The van der Waals surface area contributed by atoms with E-state index in [1.165, 1.54) is 5.56 Å². The molecule has 4 heteroatoms. The summed E-state index contributed by atoms with van der Waals surface area (Å²) in [5, 5.41) is 10.5. The van der Waals surface area contributed by atoms with Crippen molar-refractivity contribution in [3.05, 3.63) is 34.9 Å². The van der Waals surface area contributed by atoms with Gasteiger partial charge in [0.1, 0.15) is 0 Å². The summed E-state index contributed by atoms with van der Waals surface area (Å²) in [6.07, 6.45) is 0.649. The Kier molecular flexibility index (Phi) is 4.62. The quantitative estimate of drug-likeness (QED) is 0.882. The number of benzene rings is 1. The van der Waals surface area contributed by atoms with Crippen LogP contribution in [0.5, 0.6) is 0 Å². The van der Waals surface area contributed by atoms with Gasteiger partial charge in [0.15, 0.2) is 0 Å². The lowest BCUT2D eigenvalue weighted by atomic mass is 9.94. The highest BCUT2D eigenvalue weighted by Crippen LogP contribution is 2.27. The van der Waals surface area contributed by atoms with Gasteiger partial charge in [0.25, 0.3) is 0 Å². The zero-order valence-electron chi connectivity index (χ0n) is 10.7. The maximum Gasteiger partial charge on any atom is 0.0590 e. The highest BCUT2D eigenvalue weighted by atomic mass is 35.5. The molecule has 0 aromatic heterocycles. The van der Waals surface area contributed by atoms with E-state index in [9.17, 15) is 5.11 Å². The normalized spacial score (nSPS) is 27.1. The Morgan fingerprint density at radius 1 is 1.44 bits per heavy atom. The van der Waals surface area contributed by atoms with Crippen molar-refractivity contribution in [1.82, 2.24) is 4.90 Å². The first kappa shape index (κ1) is 13.8. The van der Waals surface area contributed by atoms with Crippen LogP contribution in [-0.4, -0.2) is 35.7 Å². The van der Waals surface area contributed by atoms with E-state index in [4.69, 9.17) is 17.3 Å². The lowest BCUT2D eigenvalue weighted by Crippen LogP contribution is -2.45. The van der Waals surface area contributed by atoms with E-state index in [1.807, 2.05) is 24.3 Å². The van der Waals surface area contributed by atoms with Gasteiger partial charge in [-0.05, 0) is 30.0 Å². The summed E-state index contributed by atoms with van der Waals surface area (Å²) in [5.41, 5.74) is 7.12. The minimum atomic E-state index is -0.176. The van der Waals surface area contributed by atoms with Crippen LogP contribution in [0.3, 0.4) is 0 Å². The summed E-state index contributed by atoms with van der Waals surface area (Å²) < 4.78 is 0. The van der Waals surface area contributed by atoms with Gasteiger partial charge in [-0.1, -0.05) is 30.7 Å². The Bertz CT molecular complexity index is 382. The van der Waals surface area contributed by atoms with Gasteiger partial charge < -0.3 is 10.8 Å². The van der Waals surface area contributed by atoms with Crippen molar-refractivity contribution in [3.63, 3.8) is 0 Å². The van der Waals surface area contributed by atoms with Gasteiger partial charge in [-0.2, -0.15) is 0 Å². The fraction of sp³-hybridized carbons (Fsp3) is 0.571. The van der Waals surface area contributed by atoms with Crippen LogP contribution >= 0.6 is 11.6 Å². The largest absolute Gasteiger partial charge is 0.393 e. The molecule has 0 aliphatic carbocycles. The summed E-state index contributed by atoms with van der Waals surface area (Å²) in [5.74, 6) is 0.306. The second-order valence-electron chi connectivity index (χ2n) is 5.13. The van der Waals surface area contributed by atoms with Crippen molar-refractivity contribution in [2.45, 2.75) is 25.5 Å². The fourth-order valence-corrected chi connectivity index (χ4v) is 2.76. The summed E-state index contributed by atoms with van der Waals surface area (Å²) in [7, 11) is 0. The molecular formula is C14H21ClN2O. The lowest BCUT2D eigenvalue weighted by molar-refractivity contribution is 0.0181. The molecule has 3 unspecified atom stereocenters. The van der Waals surface area contributed by atoms with Crippen LogP contribution < -0.4 is 5.73 Å². The molecule has 1 aliphatic rings. The number of likely N-dealkylation sites (tertiary alicyclic amines) is 1. The number of aliphatic hydroxyl groups is 1. The van der Waals surface area contributed by atoms with Gasteiger partial charge in [-0.25, -0.2) is 0 Å². The van der Waals surface area contributed by atoms with E-state index < -0.39 is 0 Å². The molecule has 18 heavy (non-hydrogen) atoms. The van der Waals surface area contributed by atoms with E-state index >= 15 is 0 Å².